The molecular formula is C24H22N4O. The summed E-state index contributed by atoms with van der Waals surface area (Å²) in [4.78, 5) is 26.6. The molecule has 1 fully saturated rings. The molecule has 5 rings (SSSR count). The maximum Gasteiger partial charge on any atom is 0.300 e. The molecule has 0 aliphatic heterocycles. The van der Waals surface area contributed by atoms with Crippen LogP contribution in [0.5, 0.6) is 0 Å². The predicted octanol–water partition coefficient (Wildman–Crippen LogP) is 5.03. The van der Waals surface area contributed by atoms with Crippen LogP contribution in [0.15, 0.2) is 71.8 Å². The molecule has 0 atom stereocenters. The van der Waals surface area contributed by atoms with Crippen molar-refractivity contribution in [3.63, 3.8) is 0 Å². The molecule has 144 valence electrons. The smallest absolute Gasteiger partial charge is 0.300 e. The van der Waals surface area contributed by atoms with Crippen molar-refractivity contribution < 1.29 is 0 Å². The molecular weight excluding hydrogens is 360 g/mol. The van der Waals surface area contributed by atoms with Crippen LogP contribution in [-0.4, -0.2) is 19.5 Å². The molecule has 0 N–H and O–H groups in total. The number of fused-ring (bicyclic) bond motifs is 1. The summed E-state index contributed by atoms with van der Waals surface area (Å²) in [5.74, 6) is 0. The first kappa shape index (κ1) is 17.7. The average Bonchev–Trinajstić information content (AvgIpc) is 2.80. The normalized spacial score (nSPS) is 14.9. The second kappa shape index (κ2) is 7.59. The molecule has 1 saturated carbocycles. The molecule has 1 aliphatic carbocycles. The number of hydrogen-bond donors (Lipinski definition) is 0. The van der Waals surface area contributed by atoms with Crippen LogP contribution >= 0.6 is 0 Å². The van der Waals surface area contributed by atoms with Gasteiger partial charge in [-0.05, 0) is 12.8 Å². The number of benzene rings is 2. The summed E-state index contributed by atoms with van der Waals surface area (Å²) in [5, 5.41) is 0. The summed E-state index contributed by atoms with van der Waals surface area (Å²) < 4.78 is 2.07. The van der Waals surface area contributed by atoms with Gasteiger partial charge in [-0.15, -0.1) is 0 Å². The van der Waals surface area contributed by atoms with Crippen LogP contribution in [0.2, 0.25) is 0 Å². The second-order valence-corrected chi connectivity index (χ2v) is 7.57. The number of aromatic nitrogens is 4. The SMILES string of the molecule is O=c1ncn(C2CCCCC2)c2nc(-c3ccccc3)c(-c3ccccc3)nc12. The number of nitrogens with zero attached hydrogens (tertiary/aromatic N) is 4. The third-order valence-corrected chi connectivity index (χ3v) is 5.69. The lowest BCUT2D eigenvalue weighted by Gasteiger charge is -2.25. The molecule has 0 spiro atoms. The average molecular weight is 382 g/mol. The van der Waals surface area contributed by atoms with Crippen molar-refractivity contribution in [1.82, 2.24) is 19.5 Å². The fraction of sp³-hybridized carbons (Fsp3) is 0.250. The highest BCUT2D eigenvalue weighted by molar-refractivity contribution is 5.84. The van der Waals surface area contributed by atoms with E-state index < -0.39 is 0 Å². The fourth-order valence-electron chi connectivity index (χ4n) is 4.20. The maximum atomic E-state index is 12.6. The summed E-state index contributed by atoms with van der Waals surface area (Å²) in [5.41, 5.74) is 4.08. The highest BCUT2D eigenvalue weighted by atomic mass is 16.1. The van der Waals surface area contributed by atoms with Gasteiger partial charge in [-0.2, -0.15) is 4.98 Å². The van der Waals surface area contributed by atoms with Gasteiger partial charge in [-0.1, -0.05) is 79.9 Å². The van der Waals surface area contributed by atoms with Crippen molar-refractivity contribution in [2.75, 3.05) is 0 Å². The van der Waals surface area contributed by atoms with Gasteiger partial charge in [-0.25, -0.2) is 9.97 Å². The minimum absolute atomic E-state index is 0.319. The Morgan fingerprint density at radius 2 is 1.34 bits per heavy atom. The molecule has 0 amide bonds. The molecule has 5 heteroatoms. The van der Waals surface area contributed by atoms with Crippen molar-refractivity contribution in [1.29, 1.82) is 0 Å². The van der Waals surface area contributed by atoms with E-state index in [0.717, 1.165) is 29.7 Å². The molecule has 2 aromatic carbocycles. The van der Waals surface area contributed by atoms with Crippen LogP contribution in [0.1, 0.15) is 38.1 Å². The van der Waals surface area contributed by atoms with Gasteiger partial charge in [0.1, 0.15) is 6.33 Å². The second-order valence-electron chi connectivity index (χ2n) is 7.57. The van der Waals surface area contributed by atoms with E-state index in [2.05, 4.69) is 9.55 Å². The van der Waals surface area contributed by atoms with Crippen molar-refractivity contribution in [3.8, 4) is 22.5 Å². The molecule has 1 aliphatic rings. The van der Waals surface area contributed by atoms with Crippen LogP contribution in [0, 0.1) is 0 Å². The Kier molecular flexibility index (Phi) is 4.64. The van der Waals surface area contributed by atoms with Gasteiger partial charge in [0.2, 0.25) is 0 Å². The Balaban J connectivity index is 1.80. The van der Waals surface area contributed by atoms with E-state index >= 15 is 0 Å². The van der Waals surface area contributed by atoms with Crippen LogP contribution < -0.4 is 5.56 Å². The summed E-state index contributed by atoms with van der Waals surface area (Å²) in [7, 11) is 0. The Labute approximate surface area is 169 Å². The molecule has 0 unspecified atom stereocenters. The van der Waals surface area contributed by atoms with Gasteiger partial charge >= 0.3 is 5.56 Å². The van der Waals surface area contributed by atoms with Gasteiger partial charge in [-0.3, -0.25) is 4.79 Å². The topological polar surface area (TPSA) is 60.7 Å². The standard InChI is InChI=1S/C24H22N4O/c29-24-22-23(28(16-25-24)19-14-8-3-9-15-19)27-21(18-12-6-2-7-13-18)20(26-22)17-10-4-1-5-11-17/h1-2,4-7,10-13,16,19H,3,8-9,14-15H2. The molecule has 5 nitrogen and oxygen atoms in total. The largest absolute Gasteiger partial charge is 0.312 e. The first-order chi connectivity index (χ1) is 14.3. The molecule has 0 bridgehead atoms. The quantitative estimate of drug-likeness (QED) is 0.499. The third-order valence-electron chi connectivity index (χ3n) is 5.69. The van der Waals surface area contributed by atoms with Crippen LogP contribution in [0.25, 0.3) is 33.7 Å². The minimum Gasteiger partial charge on any atom is -0.312 e. The Hall–Kier alpha value is -3.34. The molecule has 0 saturated heterocycles. The van der Waals surface area contributed by atoms with Gasteiger partial charge < -0.3 is 4.57 Å². The summed E-state index contributed by atoms with van der Waals surface area (Å²) >= 11 is 0. The molecule has 2 heterocycles. The predicted molar refractivity (Wildman–Crippen MR) is 115 cm³/mol. The van der Waals surface area contributed by atoms with E-state index in [1.54, 1.807) is 6.33 Å². The first-order valence-electron chi connectivity index (χ1n) is 10.2. The minimum atomic E-state index is -0.323. The zero-order valence-corrected chi connectivity index (χ0v) is 16.2. The molecule has 4 aromatic rings. The maximum absolute atomic E-state index is 12.6. The van der Waals surface area contributed by atoms with Crippen molar-refractivity contribution in [2.24, 2.45) is 0 Å². The summed E-state index contributed by atoms with van der Waals surface area (Å²) in [6.07, 6.45) is 7.48. The molecule has 2 aromatic heterocycles. The van der Waals surface area contributed by atoms with E-state index in [1.165, 1.54) is 19.3 Å². The van der Waals surface area contributed by atoms with Crippen LogP contribution in [-0.2, 0) is 0 Å². The number of rotatable bonds is 3. The summed E-state index contributed by atoms with van der Waals surface area (Å²) in [6.45, 7) is 0. The van der Waals surface area contributed by atoms with E-state index in [1.807, 2.05) is 60.7 Å². The van der Waals surface area contributed by atoms with E-state index in [4.69, 9.17) is 9.97 Å². The van der Waals surface area contributed by atoms with E-state index in [0.29, 0.717) is 22.9 Å². The van der Waals surface area contributed by atoms with Crippen molar-refractivity contribution in [3.05, 3.63) is 77.3 Å². The lowest BCUT2D eigenvalue weighted by molar-refractivity contribution is 0.355. The van der Waals surface area contributed by atoms with Crippen LogP contribution in [0.4, 0.5) is 0 Å². The zero-order chi connectivity index (χ0) is 19.6. The third kappa shape index (κ3) is 3.33. The van der Waals surface area contributed by atoms with Crippen molar-refractivity contribution >= 4 is 11.2 Å². The monoisotopic (exact) mass is 382 g/mol. The Morgan fingerprint density at radius 1 is 0.759 bits per heavy atom. The van der Waals surface area contributed by atoms with E-state index in [9.17, 15) is 4.79 Å². The van der Waals surface area contributed by atoms with E-state index in [-0.39, 0.29) is 5.56 Å². The zero-order valence-electron chi connectivity index (χ0n) is 16.2. The number of hydrogen-bond acceptors (Lipinski definition) is 4. The highest BCUT2D eigenvalue weighted by Crippen LogP contribution is 2.33. The van der Waals surface area contributed by atoms with Gasteiger partial charge in [0.05, 0.1) is 11.4 Å². The summed E-state index contributed by atoms with van der Waals surface area (Å²) in [6, 6.07) is 20.3. The lowest BCUT2D eigenvalue weighted by atomic mass is 9.95. The Morgan fingerprint density at radius 3 is 1.97 bits per heavy atom. The highest BCUT2D eigenvalue weighted by Gasteiger charge is 2.21. The Bertz CT molecular complexity index is 1200. The first-order valence-corrected chi connectivity index (χ1v) is 10.2. The van der Waals surface area contributed by atoms with Crippen molar-refractivity contribution in [2.45, 2.75) is 38.1 Å². The lowest BCUT2D eigenvalue weighted by Crippen LogP contribution is -2.21. The van der Waals surface area contributed by atoms with Crippen LogP contribution in [0.3, 0.4) is 0 Å². The van der Waals surface area contributed by atoms with Gasteiger partial charge in [0.15, 0.2) is 11.2 Å². The van der Waals surface area contributed by atoms with Gasteiger partial charge in [0.25, 0.3) is 0 Å². The molecule has 29 heavy (non-hydrogen) atoms. The molecule has 0 radical (unpaired) electrons. The fourth-order valence-corrected chi connectivity index (χ4v) is 4.20. The van der Waals surface area contributed by atoms with Gasteiger partial charge in [0, 0.05) is 17.2 Å².